The molecule has 0 aliphatic carbocycles. The Hall–Kier alpha value is 0. The van der Waals surface area contributed by atoms with E-state index in [1.54, 1.807) is 5.92 Å². The van der Waals surface area contributed by atoms with Gasteiger partial charge in [0.05, 0.1) is 0 Å². The van der Waals surface area contributed by atoms with Crippen LogP contribution < -0.4 is 0 Å². The van der Waals surface area contributed by atoms with Crippen LogP contribution in [0.3, 0.4) is 0 Å². The molecule has 0 bridgehead atoms. The van der Waals surface area contributed by atoms with Crippen LogP contribution in [0.25, 0.3) is 0 Å². The Morgan fingerprint density at radius 3 is 1.17 bits per heavy atom. The highest BCUT2D eigenvalue weighted by atomic mass is 14.4. The molecule has 0 aromatic carbocycles. The molecule has 0 aromatic rings. The van der Waals surface area contributed by atoms with E-state index in [2.05, 4.69) is 34.6 Å². The number of hydrogen-bond acceptors (Lipinski definition) is 0. The van der Waals surface area contributed by atoms with Gasteiger partial charge in [-0.25, -0.2) is 0 Å². The fraction of sp³-hybridized carbons (Fsp3) is 0.917. The largest absolute Gasteiger partial charge is 0.0648 e. The molecule has 0 aliphatic rings. The lowest BCUT2D eigenvalue weighted by molar-refractivity contribution is 0.249. The van der Waals surface area contributed by atoms with Gasteiger partial charge in [0.15, 0.2) is 0 Å². The topological polar surface area (TPSA) is 0 Å². The van der Waals surface area contributed by atoms with Crippen molar-refractivity contribution in [3.8, 4) is 0 Å². The van der Waals surface area contributed by atoms with Crippen LogP contribution in [0.4, 0.5) is 0 Å². The summed E-state index contributed by atoms with van der Waals surface area (Å²) < 4.78 is 0. The Balaban J connectivity index is 4.42. The van der Waals surface area contributed by atoms with E-state index in [1.165, 1.54) is 32.1 Å². The number of hydrogen-bond donors (Lipinski definition) is 0. The Kier molecular flexibility index (Phi) is 5.61. The average molecular weight is 169 g/mol. The minimum Gasteiger partial charge on any atom is -0.0648 e. The summed E-state index contributed by atoms with van der Waals surface area (Å²) in [7, 11) is 0. The standard InChI is InChI=1S/C12H25/c1-6-11(7-2)12(8-3,9-4)10-5/h6-10H2,1-5H3. The van der Waals surface area contributed by atoms with Crippen LogP contribution in [0.5, 0.6) is 0 Å². The third-order valence-electron chi connectivity index (χ3n) is 3.63. The Morgan fingerprint density at radius 1 is 0.750 bits per heavy atom. The second kappa shape index (κ2) is 5.61. The van der Waals surface area contributed by atoms with Gasteiger partial charge < -0.3 is 0 Å². The van der Waals surface area contributed by atoms with Crippen LogP contribution >= 0.6 is 0 Å². The minimum absolute atomic E-state index is 0.559. The molecule has 0 amide bonds. The Labute approximate surface area is 78.8 Å². The Morgan fingerprint density at radius 2 is 1.08 bits per heavy atom. The molecule has 0 aliphatic heterocycles. The van der Waals surface area contributed by atoms with Crippen molar-refractivity contribution in [2.45, 2.75) is 66.7 Å². The van der Waals surface area contributed by atoms with Gasteiger partial charge in [0, 0.05) is 0 Å². The third-order valence-corrected chi connectivity index (χ3v) is 3.63. The molecule has 0 rings (SSSR count). The molecule has 0 atom stereocenters. The zero-order valence-electron chi connectivity index (χ0n) is 9.54. The van der Waals surface area contributed by atoms with Gasteiger partial charge in [-0.3, -0.25) is 0 Å². The van der Waals surface area contributed by atoms with Crippen LogP contribution in [0.2, 0.25) is 0 Å². The molecule has 73 valence electrons. The molecule has 0 unspecified atom stereocenters. The first kappa shape index (κ1) is 12.0. The van der Waals surface area contributed by atoms with Gasteiger partial charge in [0.2, 0.25) is 0 Å². The van der Waals surface area contributed by atoms with Gasteiger partial charge >= 0.3 is 0 Å². The molecular formula is C12H25. The fourth-order valence-corrected chi connectivity index (χ4v) is 2.50. The molecule has 0 saturated carbocycles. The van der Waals surface area contributed by atoms with E-state index in [1.807, 2.05) is 0 Å². The highest BCUT2D eigenvalue weighted by Gasteiger charge is 2.31. The van der Waals surface area contributed by atoms with Crippen molar-refractivity contribution in [2.24, 2.45) is 5.41 Å². The third kappa shape index (κ3) is 2.24. The van der Waals surface area contributed by atoms with Crippen molar-refractivity contribution in [3.05, 3.63) is 5.92 Å². The van der Waals surface area contributed by atoms with Crippen LogP contribution in [0.1, 0.15) is 66.7 Å². The fourth-order valence-electron chi connectivity index (χ4n) is 2.50. The second-order valence-corrected chi connectivity index (χ2v) is 3.65. The van der Waals surface area contributed by atoms with E-state index in [4.69, 9.17) is 0 Å². The molecule has 0 saturated heterocycles. The summed E-state index contributed by atoms with van der Waals surface area (Å²) in [6, 6.07) is 0. The highest BCUT2D eigenvalue weighted by Crippen LogP contribution is 2.43. The maximum Gasteiger partial charge on any atom is -0.0185 e. The Bertz CT molecular complexity index is 88.3. The van der Waals surface area contributed by atoms with Gasteiger partial charge in [-0.15, -0.1) is 0 Å². The van der Waals surface area contributed by atoms with Crippen LogP contribution in [0.15, 0.2) is 0 Å². The number of rotatable bonds is 6. The van der Waals surface area contributed by atoms with E-state index in [0.717, 1.165) is 0 Å². The minimum atomic E-state index is 0.559. The molecule has 0 N–H and O–H groups in total. The summed E-state index contributed by atoms with van der Waals surface area (Å²) in [5.74, 6) is 1.77. The van der Waals surface area contributed by atoms with Crippen LogP contribution in [-0.4, -0.2) is 0 Å². The summed E-state index contributed by atoms with van der Waals surface area (Å²) in [6.07, 6.45) is 6.49. The van der Waals surface area contributed by atoms with Crippen LogP contribution in [0, 0.1) is 11.3 Å². The predicted octanol–water partition coefficient (Wildman–Crippen LogP) is 4.60. The quantitative estimate of drug-likeness (QED) is 0.545. The SMILES string of the molecule is CC[C](CC)C(CC)(CC)CC. The van der Waals surface area contributed by atoms with E-state index in [0.29, 0.717) is 5.41 Å². The molecule has 0 heterocycles. The molecule has 0 spiro atoms. The lowest BCUT2D eigenvalue weighted by atomic mass is 9.67. The van der Waals surface area contributed by atoms with E-state index in [9.17, 15) is 0 Å². The summed E-state index contributed by atoms with van der Waals surface area (Å²) in [5, 5.41) is 0. The van der Waals surface area contributed by atoms with Crippen molar-refractivity contribution in [3.63, 3.8) is 0 Å². The van der Waals surface area contributed by atoms with Crippen LogP contribution in [-0.2, 0) is 0 Å². The lowest BCUT2D eigenvalue weighted by Gasteiger charge is -2.38. The predicted molar refractivity (Wildman–Crippen MR) is 57.1 cm³/mol. The van der Waals surface area contributed by atoms with E-state index in [-0.39, 0.29) is 0 Å². The smallest absolute Gasteiger partial charge is 0.0185 e. The van der Waals surface area contributed by atoms with Gasteiger partial charge in [-0.2, -0.15) is 0 Å². The molecular weight excluding hydrogens is 144 g/mol. The van der Waals surface area contributed by atoms with Crippen molar-refractivity contribution in [1.82, 2.24) is 0 Å². The van der Waals surface area contributed by atoms with Gasteiger partial charge in [0.1, 0.15) is 0 Å². The first-order valence-electron chi connectivity index (χ1n) is 5.55. The first-order valence-corrected chi connectivity index (χ1v) is 5.55. The first-order chi connectivity index (χ1) is 5.70. The normalized spacial score (nSPS) is 12.5. The lowest BCUT2D eigenvalue weighted by Crippen LogP contribution is -2.26. The summed E-state index contributed by atoms with van der Waals surface area (Å²) in [4.78, 5) is 0. The monoisotopic (exact) mass is 169 g/mol. The zero-order chi connectivity index (χ0) is 9.61. The molecule has 1 radical (unpaired) electrons. The summed E-state index contributed by atoms with van der Waals surface area (Å²) in [5.41, 5.74) is 0.559. The molecule has 0 nitrogen and oxygen atoms in total. The van der Waals surface area contributed by atoms with E-state index >= 15 is 0 Å². The maximum absolute atomic E-state index is 2.33. The summed E-state index contributed by atoms with van der Waals surface area (Å²) in [6.45, 7) is 11.6. The molecule has 0 fully saturated rings. The van der Waals surface area contributed by atoms with Crippen molar-refractivity contribution in [1.29, 1.82) is 0 Å². The molecule has 12 heavy (non-hydrogen) atoms. The van der Waals surface area contributed by atoms with Crippen molar-refractivity contribution < 1.29 is 0 Å². The van der Waals surface area contributed by atoms with Gasteiger partial charge in [0.25, 0.3) is 0 Å². The maximum atomic E-state index is 2.33. The average Bonchev–Trinajstić information content (AvgIpc) is 2.14. The van der Waals surface area contributed by atoms with Crippen molar-refractivity contribution >= 4 is 0 Å². The second-order valence-electron chi connectivity index (χ2n) is 3.65. The molecule has 0 aromatic heterocycles. The molecule has 0 heteroatoms. The summed E-state index contributed by atoms with van der Waals surface area (Å²) >= 11 is 0. The highest BCUT2D eigenvalue weighted by molar-refractivity contribution is 5.03. The van der Waals surface area contributed by atoms with Gasteiger partial charge in [-0.05, 0) is 43.4 Å². The van der Waals surface area contributed by atoms with Crippen molar-refractivity contribution in [2.75, 3.05) is 0 Å². The van der Waals surface area contributed by atoms with Gasteiger partial charge in [-0.1, -0.05) is 34.6 Å². The zero-order valence-corrected chi connectivity index (χ0v) is 9.54. The van der Waals surface area contributed by atoms with E-state index < -0.39 is 0 Å².